The Morgan fingerprint density at radius 3 is 1.58 bits per heavy atom. The normalized spacial score (nSPS) is 13.2. The van der Waals surface area contributed by atoms with Crippen molar-refractivity contribution in [2.75, 3.05) is 0 Å². The molecule has 2 unspecified atom stereocenters. The summed E-state index contributed by atoms with van der Waals surface area (Å²) in [6.07, 6.45) is 6.83. The summed E-state index contributed by atoms with van der Waals surface area (Å²) < 4.78 is 10.1. The second-order valence-electron chi connectivity index (χ2n) is 4.54. The van der Waals surface area contributed by atoms with E-state index >= 15 is 0 Å². The second-order valence-corrected chi connectivity index (χ2v) is 4.54. The number of carbonyl (C=O) groups excluding carboxylic acids is 2. The fourth-order valence-corrected chi connectivity index (χ4v) is 1.65. The summed E-state index contributed by atoms with van der Waals surface area (Å²) in [6, 6.07) is 0. The largest absolute Gasteiger partial charge is 0.460 e. The van der Waals surface area contributed by atoms with E-state index in [1.165, 1.54) is 12.2 Å². The maximum atomic E-state index is 10.9. The first-order chi connectivity index (χ1) is 8.99. The molecule has 0 N–H and O–H groups in total. The van der Waals surface area contributed by atoms with Crippen molar-refractivity contribution >= 4 is 11.9 Å². The van der Waals surface area contributed by atoms with Crippen LogP contribution in [0.5, 0.6) is 0 Å². The van der Waals surface area contributed by atoms with Crippen LogP contribution in [0.25, 0.3) is 0 Å². The van der Waals surface area contributed by atoms with E-state index in [1.807, 2.05) is 13.8 Å². The van der Waals surface area contributed by atoms with Crippen LogP contribution in [0.1, 0.15) is 46.0 Å². The van der Waals surface area contributed by atoms with Gasteiger partial charge in [-0.15, -0.1) is 0 Å². The lowest BCUT2D eigenvalue weighted by atomic mass is 10.1. The van der Waals surface area contributed by atoms with E-state index in [4.69, 9.17) is 9.47 Å². The molecule has 0 aliphatic carbocycles. The molecule has 0 amide bonds. The van der Waals surface area contributed by atoms with Crippen molar-refractivity contribution in [3.05, 3.63) is 25.3 Å². The molecule has 0 bridgehead atoms. The molecule has 0 radical (unpaired) electrons. The molecule has 0 aliphatic rings. The van der Waals surface area contributed by atoms with Crippen LogP contribution in [0.4, 0.5) is 0 Å². The van der Waals surface area contributed by atoms with Crippen LogP contribution in [-0.2, 0) is 19.1 Å². The molecule has 0 aromatic heterocycles. The molecule has 0 spiro atoms. The van der Waals surface area contributed by atoms with E-state index < -0.39 is 0 Å². The molecule has 19 heavy (non-hydrogen) atoms. The summed E-state index contributed by atoms with van der Waals surface area (Å²) in [4.78, 5) is 21.9. The molecular weight excluding hydrogens is 244 g/mol. The highest BCUT2D eigenvalue weighted by atomic mass is 16.5. The summed E-state index contributed by atoms with van der Waals surface area (Å²) in [7, 11) is 0. The van der Waals surface area contributed by atoms with Gasteiger partial charge in [0.25, 0.3) is 0 Å². The van der Waals surface area contributed by atoms with Gasteiger partial charge >= 0.3 is 11.9 Å². The van der Waals surface area contributed by atoms with Crippen molar-refractivity contribution in [3.8, 4) is 0 Å². The highest BCUT2D eigenvalue weighted by molar-refractivity contribution is 5.81. The highest BCUT2D eigenvalue weighted by Crippen LogP contribution is 2.11. The Labute approximate surface area is 115 Å². The minimum absolute atomic E-state index is 0.0819. The monoisotopic (exact) mass is 268 g/mol. The lowest BCUT2D eigenvalue weighted by Crippen LogP contribution is -2.13. The van der Waals surface area contributed by atoms with Gasteiger partial charge in [-0.2, -0.15) is 0 Å². The fourth-order valence-electron chi connectivity index (χ4n) is 1.65. The SMILES string of the molecule is C=CC(=O)OC(C)CCCCCC(C)OC(=O)C=C. The molecule has 0 fully saturated rings. The van der Waals surface area contributed by atoms with Crippen LogP contribution < -0.4 is 0 Å². The van der Waals surface area contributed by atoms with Crippen molar-refractivity contribution in [3.63, 3.8) is 0 Å². The third-order valence-electron chi connectivity index (χ3n) is 2.69. The maximum absolute atomic E-state index is 10.9. The first-order valence-corrected chi connectivity index (χ1v) is 6.65. The summed E-state index contributed by atoms with van der Waals surface area (Å²) >= 11 is 0. The van der Waals surface area contributed by atoms with Gasteiger partial charge in [0.2, 0.25) is 0 Å². The summed E-state index contributed by atoms with van der Waals surface area (Å²) in [5.74, 6) is -0.755. The Hall–Kier alpha value is -1.58. The average molecular weight is 268 g/mol. The van der Waals surface area contributed by atoms with Crippen molar-refractivity contribution in [2.24, 2.45) is 0 Å². The van der Waals surface area contributed by atoms with Gasteiger partial charge in [-0.3, -0.25) is 0 Å². The number of ether oxygens (including phenoxy) is 2. The minimum atomic E-state index is -0.377. The minimum Gasteiger partial charge on any atom is -0.460 e. The third kappa shape index (κ3) is 10.1. The fraction of sp³-hybridized carbons (Fsp3) is 0.600. The molecule has 0 saturated carbocycles. The predicted molar refractivity (Wildman–Crippen MR) is 74.6 cm³/mol. The maximum Gasteiger partial charge on any atom is 0.330 e. The quantitative estimate of drug-likeness (QED) is 0.347. The van der Waals surface area contributed by atoms with E-state index in [0.717, 1.165) is 32.1 Å². The lowest BCUT2D eigenvalue weighted by Gasteiger charge is -2.13. The van der Waals surface area contributed by atoms with E-state index in [0.29, 0.717) is 0 Å². The van der Waals surface area contributed by atoms with Crippen molar-refractivity contribution in [1.82, 2.24) is 0 Å². The molecule has 108 valence electrons. The van der Waals surface area contributed by atoms with Crippen LogP contribution in [0.15, 0.2) is 25.3 Å². The van der Waals surface area contributed by atoms with Gasteiger partial charge in [0.15, 0.2) is 0 Å². The average Bonchev–Trinajstić information content (AvgIpc) is 2.37. The Bertz CT molecular complexity index is 279. The molecule has 0 heterocycles. The summed E-state index contributed by atoms with van der Waals surface area (Å²) in [5, 5.41) is 0. The lowest BCUT2D eigenvalue weighted by molar-refractivity contribution is -0.143. The predicted octanol–water partition coefficient (Wildman–Crippen LogP) is 3.17. The molecule has 0 aromatic rings. The van der Waals surface area contributed by atoms with Gasteiger partial charge in [0.1, 0.15) is 0 Å². The number of rotatable bonds is 10. The molecule has 0 aliphatic heterocycles. The Morgan fingerprint density at radius 2 is 1.26 bits per heavy atom. The van der Waals surface area contributed by atoms with Gasteiger partial charge in [-0.1, -0.05) is 19.6 Å². The van der Waals surface area contributed by atoms with E-state index in [2.05, 4.69) is 13.2 Å². The van der Waals surface area contributed by atoms with Crippen LogP contribution >= 0.6 is 0 Å². The van der Waals surface area contributed by atoms with Gasteiger partial charge in [0, 0.05) is 12.2 Å². The number of hydrogen-bond donors (Lipinski definition) is 0. The van der Waals surface area contributed by atoms with Crippen molar-refractivity contribution in [1.29, 1.82) is 0 Å². The topological polar surface area (TPSA) is 52.6 Å². The second kappa shape index (κ2) is 10.4. The van der Waals surface area contributed by atoms with Crippen LogP contribution in [0.2, 0.25) is 0 Å². The molecule has 2 atom stereocenters. The van der Waals surface area contributed by atoms with Gasteiger partial charge in [-0.25, -0.2) is 9.59 Å². The van der Waals surface area contributed by atoms with E-state index in [9.17, 15) is 9.59 Å². The van der Waals surface area contributed by atoms with Crippen molar-refractivity contribution in [2.45, 2.75) is 58.2 Å². The molecule has 4 heteroatoms. The number of carbonyl (C=O) groups is 2. The zero-order chi connectivity index (χ0) is 14.7. The first kappa shape index (κ1) is 17.4. The van der Waals surface area contributed by atoms with Gasteiger partial charge < -0.3 is 9.47 Å². The molecule has 0 aromatic carbocycles. The zero-order valence-electron chi connectivity index (χ0n) is 11.9. The summed E-state index contributed by atoms with van der Waals surface area (Å²) in [6.45, 7) is 10.4. The van der Waals surface area contributed by atoms with Crippen molar-refractivity contribution < 1.29 is 19.1 Å². The van der Waals surface area contributed by atoms with Crippen LogP contribution in [0.3, 0.4) is 0 Å². The van der Waals surface area contributed by atoms with E-state index in [1.54, 1.807) is 0 Å². The third-order valence-corrected chi connectivity index (χ3v) is 2.69. The van der Waals surface area contributed by atoms with Gasteiger partial charge in [-0.05, 0) is 39.5 Å². The zero-order valence-corrected chi connectivity index (χ0v) is 11.9. The first-order valence-electron chi connectivity index (χ1n) is 6.65. The number of unbranched alkanes of at least 4 members (excludes halogenated alkanes) is 2. The van der Waals surface area contributed by atoms with E-state index in [-0.39, 0.29) is 24.1 Å². The smallest absolute Gasteiger partial charge is 0.330 e. The summed E-state index contributed by atoms with van der Waals surface area (Å²) in [5.41, 5.74) is 0. The Kier molecular flexibility index (Phi) is 9.49. The molecular formula is C15H24O4. The number of hydrogen-bond acceptors (Lipinski definition) is 4. The molecule has 0 saturated heterocycles. The Morgan fingerprint density at radius 1 is 0.895 bits per heavy atom. The molecule has 0 rings (SSSR count). The Balaban J connectivity index is 3.54. The number of esters is 2. The van der Waals surface area contributed by atoms with Crippen LogP contribution in [-0.4, -0.2) is 24.1 Å². The standard InChI is InChI=1S/C15H24O4/c1-5-14(16)18-12(3)10-8-7-9-11-13(4)19-15(17)6-2/h5-6,12-13H,1-2,7-11H2,3-4H3. The molecule has 4 nitrogen and oxygen atoms in total. The van der Waals surface area contributed by atoms with Crippen LogP contribution in [0, 0.1) is 0 Å². The highest BCUT2D eigenvalue weighted by Gasteiger charge is 2.08. The van der Waals surface area contributed by atoms with Gasteiger partial charge in [0.05, 0.1) is 12.2 Å².